The highest BCUT2D eigenvalue weighted by Crippen LogP contribution is 2.44. The van der Waals surface area contributed by atoms with Gasteiger partial charge in [0.1, 0.15) is 0 Å². The first-order valence-electron chi connectivity index (χ1n) is 9.13. The van der Waals surface area contributed by atoms with Crippen LogP contribution in [0.4, 0.5) is 0 Å². The Bertz CT molecular complexity index is 874. The fourth-order valence-electron chi connectivity index (χ4n) is 4.78. The maximum Gasteiger partial charge on any atom is 0.264 e. The molecule has 1 aliphatic carbocycles. The standard InChI is InChI=1S/C19H26N2O3S/c1-3-7-21-11-13(12-24-25(2,22)23)8-16-15-5-4-6-17-19(15)14(10-20-17)9-18(16)21/h4-6,10,13,16,18,20H,3,7-9,11-12H2,1-2H3/t13?,16-,18-/m1/s1. The van der Waals surface area contributed by atoms with Crippen molar-refractivity contribution in [2.24, 2.45) is 5.92 Å². The van der Waals surface area contributed by atoms with Gasteiger partial charge in [0, 0.05) is 35.6 Å². The molecular formula is C19H26N2O3S. The Labute approximate surface area is 149 Å². The van der Waals surface area contributed by atoms with E-state index in [1.165, 1.54) is 22.0 Å². The molecule has 4 rings (SSSR count). The Morgan fingerprint density at radius 3 is 2.96 bits per heavy atom. The summed E-state index contributed by atoms with van der Waals surface area (Å²) in [6.45, 7) is 4.46. The summed E-state index contributed by atoms with van der Waals surface area (Å²) in [5.41, 5.74) is 4.04. The summed E-state index contributed by atoms with van der Waals surface area (Å²) in [7, 11) is -3.39. The number of piperidine rings is 1. The average molecular weight is 362 g/mol. The fourth-order valence-corrected chi connectivity index (χ4v) is 5.22. The molecule has 1 saturated heterocycles. The zero-order valence-corrected chi connectivity index (χ0v) is 15.7. The van der Waals surface area contributed by atoms with Crippen molar-refractivity contribution in [3.8, 4) is 0 Å². The van der Waals surface area contributed by atoms with Gasteiger partial charge in [-0.25, -0.2) is 0 Å². The maximum atomic E-state index is 11.4. The van der Waals surface area contributed by atoms with Gasteiger partial charge in [-0.3, -0.25) is 9.08 Å². The number of hydrogen-bond donors (Lipinski definition) is 1. The zero-order valence-electron chi connectivity index (χ0n) is 14.9. The third-order valence-electron chi connectivity index (χ3n) is 5.69. The molecule has 2 heterocycles. The van der Waals surface area contributed by atoms with Gasteiger partial charge in [-0.2, -0.15) is 8.42 Å². The van der Waals surface area contributed by atoms with Gasteiger partial charge in [0.2, 0.25) is 0 Å². The van der Waals surface area contributed by atoms with Crippen molar-refractivity contribution in [1.29, 1.82) is 0 Å². The molecule has 1 aliphatic heterocycles. The van der Waals surface area contributed by atoms with Gasteiger partial charge in [-0.15, -0.1) is 0 Å². The minimum absolute atomic E-state index is 0.248. The van der Waals surface area contributed by atoms with Crippen LogP contribution >= 0.6 is 0 Å². The molecule has 1 aromatic heterocycles. The van der Waals surface area contributed by atoms with Gasteiger partial charge in [0.05, 0.1) is 12.9 Å². The summed E-state index contributed by atoms with van der Waals surface area (Å²) in [5.74, 6) is 0.693. The van der Waals surface area contributed by atoms with Crippen molar-refractivity contribution < 1.29 is 12.6 Å². The quantitative estimate of drug-likeness (QED) is 0.831. The van der Waals surface area contributed by atoms with Crippen LogP contribution in [0, 0.1) is 5.92 Å². The fraction of sp³-hybridized carbons (Fsp3) is 0.579. The third-order valence-corrected chi connectivity index (χ3v) is 6.25. The van der Waals surface area contributed by atoms with Crippen molar-refractivity contribution in [2.75, 3.05) is 26.0 Å². The van der Waals surface area contributed by atoms with Gasteiger partial charge >= 0.3 is 0 Å². The normalized spacial score (nSPS) is 26.7. The minimum Gasteiger partial charge on any atom is -0.361 e. The van der Waals surface area contributed by atoms with Crippen LogP contribution in [0.25, 0.3) is 10.9 Å². The largest absolute Gasteiger partial charge is 0.361 e. The molecule has 1 unspecified atom stereocenters. The highest BCUT2D eigenvalue weighted by atomic mass is 32.2. The first kappa shape index (κ1) is 17.1. The van der Waals surface area contributed by atoms with E-state index in [9.17, 15) is 8.42 Å². The summed E-state index contributed by atoms with van der Waals surface area (Å²) in [4.78, 5) is 5.97. The molecule has 25 heavy (non-hydrogen) atoms. The van der Waals surface area contributed by atoms with Crippen LogP contribution in [-0.2, 0) is 20.7 Å². The average Bonchev–Trinajstić information content (AvgIpc) is 2.98. The molecule has 0 bridgehead atoms. The first-order chi connectivity index (χ1) is 12.0. The van der Waals surface area contributed by atoms with E-state index in [0.717, 1.165) is 38.6 Å². The lowest BCUT2D eigenvalue weighted by Crippen LogP contribution is -2.51. The molecule has 136 valence electrons. The van der Waals surface area contributed by atoms with E-state index < -0.39 is 10.1 Å². The molecule has 1 aromatic carbocycles. The molecule has 1 fully saturated rings. The number of hydrogen-bond acceptors (Lipinski definition) is 4. The molecule has 2 aliphatic rings. The third kappa shape index (κ3) is 3.23. The van der Waals surface area contributed by atoms with E-state index in [2.05, 4.69) is 41.2 Å². The van der Waals surface area contributed by atoms with Crippen LogP contribution in [0.3, 0.4) is 0 Å². The summed E-state index contributed by atoms with van der Waals surface area (Å²) in [6.07, 6.45) is 6.46. The first-order valence-corrected chi connectivity index (χ1v) is 10.9. The number of likely N-dealkylation sites (tertiary alicyclic amines) is 1. The number of nitrogens with one attached hydrogen (secondary N) is 1. The Balaban J connectivity index is 1.67. The van der Waals surface area contributed by atoms with Crippen molar-refractivity contribution in [2.45, 2.75) is 38.1 Å². The molecule has 0 radical (unpaired) electrons. The van der Waals surface area contributed by atoms with Crippen LogP contribution in [0.5, 0.6) is 0 Å². The van der Waals surface area contributed by atoms with Crippen molar-refractivity contribution in [1.82, 2.24) is 9.88 Å². The second kappa shape index (κ2) is 6.41. The summed E-state index contributed by atoms with van der Waals surface area (Å²) >= 11 is 0. The molecule has 2 aromatic rings. The minimum atomic E-state index is -3.39. The molecule has 0 saturated carbocycles. The van der Waals surface area contributed by atoms with E-state index in [4.69, 9.17) is 4.18 Å². The Hall–Kier alpha value is -1.37. The Morgan fingerprint density at radius 2 is 2.20 bits per heavy atom. The van der Waals surface area contributed by atoms with Gasteiger partial charge in [-0.1, -0.05) is 19.1 Å². The monoisotopic (exact) mass is 362 g/mol. The van der Waals surface area contributed by atoms with E-state index >= 15 is 0 Å². The topological polar surface area (TPSA) is 62.4 Å². The van der Waals surface area contributed by atoms with Crippen molar-refractivity contribution in [3.63, 3.8) is 0 Å². The summed E-state index contributed by atoms with van der Waals surface area (Å²) in [5, 5.41) is 1.38. The highest BCUT2D eigenvalue weighted by molar-refractivity contribution is 7.85. The lowest BCUT2D eigenvalue weighted by Gasteiger charge is -2.47. The van der Waals surface area contributed by atoms with E-state index in [1.54, 1.807) is 0 Å². The maximum absolute atomic E-state index is 11.4. The molecule has 6 heteroatoms. The number of fused-ring (bicyclic) bond motifs is 2. The molecule has 0 spiro atoms. The highest BCUT2D eigenvalue weighted by Gasteiger charge is 2.40. The summed E-state index contributed by atoms with van der Waals surface area (Å²) < 4.78 is 28.0. The second-order valence-corrected chi connectivity index (χ2v) is 9.19. The summed E-state index contributed by atoms with van der Waals surface area (Å²) in [6, 6.07) is 7.02. The number of benzene rings is 1. The van der Waals surface area contributed by atoms with Gasteiger partial charge in [0.15, 0.2) is 0 Å². The molecular weight excluding hydrogens is 336 g/mol. The van der Waals surface area contributed by atoms with Gasteiger partial charge < -0.3 is 4.98 Å². The zero-order chi connectivity index (χ0) is 17.6. The predicted octanol–water partition coefficient (Wildman–Crippen LogP) is 2.88. The molecule has 0 amide bonds. The van der Waals surface area contributed by atoms with E-state index in [-0.39, 0.29) is 12.5 Å². The smallest absolute Gasteiger partial charge is 0.264 e. The van der Waals surface area contributed by atoms with Crippen LogP contribution in [0.2, 0.25) is 0 Å². The number of aromatic amines is 1. The lowest BCUT2D eigenvalue weighted by molar-refractivity contribution is 0.0640. The molecule has 3 atom stereocenters. The molecule has 5 nitrogen and oxygen atoms in total. The number of nitrogens with zero attached hydrogens (tertiary/aromatic N) is 1. The Morgan fingerprint density at radius 1 is 1.36 bits per heavy atom. The Kier molecular flexibility index (Phi) is 4.38. The predicted molar refractivity (Wildman–Crippen MR) is 99.3 cm³/mol. The molecule has 1 N–H and O–H groups in total. The van der Waals surface area contributed by atoms with E-state index in [0.29, 0.717) is 12.0 Å². The van der Waals surface area contributed by atoms with E-state index in [1.807, 2.05) is 0 Å². The van der Waals surface area contributed by atoms with Crippen LogP contribution < -0.4 is 0 Å². The number of rotatable bonds is 5. The van der Waals surface area contributed by atoms with Crippen molar-refractivity contribution in [3.05, 3.63) is 35.5 Å². The number of H-pyrrole nitrogens is 1. The SMILES string of the molecule is CCCN1CC(COS(C)(=O)=O)C[C@@H]2c3cccc4[nH]cc(c34)C[C@H]21. The van der Waals surface area contributed by atoms with Crippen LogP contribution in [0.1, 0.15) is 36.8 Å². The van der Waals surface area contributed by atoms with Gasteiger partial charge in [-0.05, 0) is 48.9 Å². The van der Waals surface area contributed by atoms with Gasteiger partial charge in [0.25, 0.3) is 10.1 Å². The van der Waals surface area contributed by atoms with Crippen molar-refractivity contribution >= 4 is 21.0 Å². The van der Waals surface area contributed by atoms with Crippen LogP contribution in [-0.4, -0.2) is 50.3 Å². The lowest BCUT2D eigenvalue weighted by atomic mass is 9.72. The second-order valence-electron chi connectivity index (χ2n) is 7.55. The van der Waals surface area contributed by atoms with Crippen LogP contribution in [0.15, 0.2) is 24.4 Å². The number of aromatic nitrogens is 1.